The number of piperidine rings is 1. The minimum absolute atomic E-state index is 0.0194. The number of sulfonamides is 1. The molecule has 0 spiro atoms. The summed E-state index contributed by atoms with van der Waals surface area (Å²) in [6.45, 7) is 3.50. The maximum atomic E-state index is 13.5. The molecule has 1 heterocycles. The topological polar surface area (TPSA) is 69.7 Å². The standard InChI is InChI=1S/C17H25ClFN3O3S/c1-4-16(17(23)20-12-7-9-21(2)10-8-12)22(26(3,24)25)13-5-6-15(19)14(18)11-13/h5-6,11-12,16H,4,7-10H2,1-3H3,(H,20,23)/t16-/m1/s1. The van der Waals surface area contributed by atoms with Gasteiger partial charge >= 0.3 is 0 Å². The number of rotatable bonds is 6. The number of likely N-dealkylation sites (tertiary alicyclic amines) is 1. The normalized spacial score (nSPS) is 17.7. The predicted molar refractivity (Wildman–Crippen MR) is 101 cm³/mol. The number of hydrogen-bond donors (Lipinski definition) is 1. The number of nitrogens with one attached hydrogen (secondary N) is 1. The summed E-state index contributed by atoms with van der Waals surface area (Å²) < 4.78 is 39.2. The molecule has 1 aliphatic heterocycles. The van der Waals surface area contributed by atoms with Crippen LogP contribution in [0.1, 0.15) is 26.2 Å². The number of hydrogen-bond acceptors (Lipinski definition) is 4. The van der Waals surface area contributed by atoms with E-state index in [4.69, 9.17) is 11.6 Å². The third kappa shape index (κ3) is 5.08. The first-order valence-electron chi connectivity index (χ1n) is 8.56. The van der Waals surface area contributed by atoms with Crippen molar-refractivity contribution in [2.24, 2.45) is 0 Å². The molecule has 0 bridgehead atoms. The summed E-state index contributed by atoms with van der Waals surface area (Å²) in [6, 6.07) is 2.73. The molecule has 2 rings (SSSR count). The fourth-order valence-corrected chi connectivity index (χ4v) is 4.51. The number of anilines is 1. The van der Waals surface area contributed by atoms with E-state index in [1.807, 2.05) is 7.05 Å². The molecule has 1 aromatic carbocycles. The van der Waals surface area contributed by atoms with Gasteiger partial charge in [0.25, 0.3) is 0 Å². The first-order chi connectivity index (χ1) is 12.1. The quantitative estimate of drug-likeness (QED) is 0.788. The lowest BCUT2D eigenvalue weighted by molar-refractivity contribution is -0.123. The average molecular weight is 406 g/mol. The zero-order valence-electron chi connectivity index (χ0n) is 15.2. The van der Waals surface area contributed by atoms with E-state index in [2.05, 4.69) is 10.2 Å². The third-order valence-corrected chi connectivity index (χ3v) is 6.02. The van der Waals surface area contributed by atoms with Gasteiger partial charge in [-0.1, -0.05) is 18.5 Å². The van der Waals surface area contributed by atoms with Crippen LogP contribution in [0.25, 0.3) is 0 Å². The molecule has 0 unspecified atom stereocenters. The number of carbonyl (C=O) groups is 1. The number of carbonyl (C=O) groups excluding carboxylic acids is 1. The van der Waals surface area contributed by atoms with Crippen LogP contribution in [0.4, 0.5) is 10.1 Å². The van der Waals surface area contributed by atoms with Crippen LogP contribution >= 0.6 is 11.6 Å². The van der Waals surface area contributed by atoms with E-state index in [0.29, 0.717) is 0 Å². The summed E-state index contributed by atoms with van der Waals surface area (Å²) in [5, 5.41) is 2.77. The van der Waals surface area contributed by atoms with Crippen molar-refractivity contribution in [2.45, 2.75) is 38.3 Å². The molecule has 1 N–H and O–H groups in total. The van der Waals surface area contributed by atoms with Crippen molar-refractivity contribution in [2.75, 3.05) is 30.7 Å². The van der Waals surface area contributed by atoms with E-state index >= 15 is 0 Å². The molecule has 1 fully saturated rings. The maximum absolute atomic E-state index is 13.5. The highest BCUT2D eigenvalue weighted by molar-refractivity contribution is 7.92. The molecule has 6 nitrogen and oxygen atoms in total. The van der Waals surface area contributed by atoms with Crippen LogP contribution in [-0.2, 0) is 14.8 Å². The zero-order valence-corrected chi connectivity index (χ0v) is 16.8. The van der Waals surface area contributed by atoms with Gasteiger partial charge in [0.1, 0.15) is 11.9 Å². The highest BCUT2D eigenvalue weighted by atomic mass is 35.5. The second-order valence-electron chi connectivity index (χ2n) is 6.67. The van der Waals surface area contributed by atoms with Crippen molar-refractivity contribution in [3.63, 3.8) is 0 Å². The summed E-state index contributed by atoms with van der Waals surface area (Å²) in [5.41, 5.74) is 0.171. The molecule has 146 valence electrons. The molecule has 0 aromatic heterocycles. The summed E-state index contributed by atoms with van der Waals surface area (Å²) in [7, 11) is -1.75. The number of benzene rings is 1. The van der Waals surface area contributed by atoms with Gasteiger partial charge in [0, 0.05) is 6.04 Å². The Hall–Kier alpha value is -1.38. The summed E-state index contributed by atoms with van der Waals surface area (Å²) in [6.07, 6.45) is 2.94. The van der Waals surface area contributed by atoms with Gasteiger partial charge in [-0.15, -0.1) is 0 Å². The minimum Gasteiger partial charge on any atom is -0.351 e. The lowest BCUT2D eigenvalue weighted by Gasteiger charge is -2.34. The average Bonchev–Trinajstić information content (AvgIpc) is 2.56. The van der Waals surface area contributed by atoms with Crippen LogP contribution in [0.15, 0.2) is 18.2 Å². The Morgan fingerprint density at radius 1 is 1.42 bits per heavy atom. The van der Waals surface area contributed by atoms with Crippen molar-refractivity contribution in [3.05, 3.63) is 29.0 Å². The van der Waals surface area contributed by atoms with Crippen molar-refractivity contribution < 1.29 is 17.6 Å². The van der Waals surface area contributed by atoms with Gasteiger partial charge < -0.3 is 10.2 Å². The van der Waals surface area contributed by atoms with Gasteiger partial charge in [-0.2, -0.15) is 0 Å². The van der Waals surface area contributed by atoms with E-state index in [1.165, 1.54) is 12.1 Å². The highest BCUT2D eigenvalue weighted by Crippen LogP contribution is 2.27. The molecular formula is C17H25ClFN3O3S. The third-order valence-electron chi connectivity index (χ3n) is 4.55. The van der Waals surface area contributed by atoms with Crippen molar-refractivity contribution in [1.82, 2.24) is 10.2 Å². The number of amides is 1. The summed E-state index contributed by atoms with van der Waals surface area (Å²) in [5.74, 6) is -0.999. The van der Waals surface area contributed by atoms with Crippen LogP contribution in [0.5, 0.6) is 0 Å². The molecule has 9 heteroatoms. The molecule has 1 amide bonds. The largest absolute Gasteiger partial charge is 0.351 e. The van der Waals surface area contributed by atoms with Gasteiger partial charge in [-0.3, -0.25) is 9.10 Å². The van der Waals surface area contributed by atoms with Gasteiger partial charge in [-0.25, -0.2) is 12.8 Å². The Morgan fingerprint density at radius 3 is 2.54 bits per heavy atom. The molecule has 26 heavy (non-hydrogen) atoms. The van der Waals surface area contributed by atoms with E-state index in [-0.39, 0.29) is 29.1 Å². The summed E-state index contributed by atoms with van der Waals surface area (Å²) >= 11 is 5.80. The fourth-order valence-electron chi connectivity index (χ4n) is 3.13. The van der Waals surface area contributed by atoms with E-state index in [1.54, 1.807) is 6.92 Å². The summed E-state index contributed by atoms with van der Waals surface area (Å²) in [4.78, 5) is 15.0. The first-order valence-corrected chi connectivity index (χ1v) is 10.8. The van der Waals surface area contributed by atoms with Gasteiger partial charge in [-0.05, 0) is 57.6 Å². The molecule has 1 aromatic rings. The molecule has 1 aliphatic rings. The highest BCUT2D eigenvalue weighted by Gasteiger charge is 2.33. The molecule has 0 saturated carbocycles. The molecule has 0 aliphatic carbocycles. The Balaban J connectivity index is 2.26. The van der Waals surface area contributed by atoms with Gasteiger partial charge in [0.05, 0.1) is 17.0 Å². The first kappa shape index (κ1) is 20.9. The van der Waals surface area contributed by atoms with Crippen molar-refractivity contribution in [1.29, 1.82) is 0 Å². The van der Waals surface area contributed by atoms with Crippen LogP contribution < -0.4 is 9.62 Å². The van der Waals surface area contributed by atoms with Crippen LogP contribution in [-0.4, -0.2) is 57.7 Å². The maximum Gasteiger partial charge on any atom is 0.244 e. The van der Waals surface area contributed by atoms with E-state index in [9.17, 15) is 17.6 Å². The van der Waals surface area contributed by atoms with Crippen molar-refractivity contribution >= 4 is 33.2 Å². The molecule has 1 saturated heterocycles. The zero-order chi connectivity index (χ0) is 19.5. The van der Waals surface area contributed by atoms with Gasteiger partial charge in [0.2, 0.25) is 15.9 Å². The smallest absolute Gasteiger partial charge is 0.244 e. The molecular weight excluding hydrogens is 381 g/mol. The predicted octanol–water partition coefficient (Wildman–Crippen LogP) is 2.23. The monoisotopic (exact) mass is 405 g/mol. The second kappa shape index (κ2) is 8.54. The Bertz CT molecular complexity index is 752. The fraction of sp³-hybridized carbons (Fsp3) is 0.588. The van der Waals surface area contributed by atoms with Crippen molar-refractivity contribution in [3.8, 4) is 0 Å². The lowest BCUT2D eigenvalue weighted by atomic mass is 10.0. The minimum atomic E-state index is -3.77. The number of halogens is 2. The van der Waals surface area contributed by atoms with Crippen LogP contribution in [0, 0.1) is 5.82 Å². The second-order valence-corrected chi connectivity index (χ2v) is 8.93. The van der Waals surface area contributed by atoms with E-state index < -0.39 is 21.9 Å². The van der Waals surface area contributed by atoms with Crippen LogP contribution in [0.2, 0.25) is 5.02 Å². The van der Waals surface area contributed by atoms with Gasteiger partial charge in [0.15, 0.2) is 0 Å². The Morgan fingerprint density at radius 2 is 2.04 bits per heavy atom. The van der Waals surface area contributed by atoms with Crippen LogP contribution in [0.3, 0.4) is 0 Å². The molecule has 0 radical (unpaired) electrons. The Kier molecular flexibility index (Phi) is 6.87. The van der Waals surface area contributed by atoms with E-state index in [0.717, 1.165) is 42.6 Å². The SMILES string of the molecule is CC[C@H](C(=O)NC1CCN(C)CC1)N(c1ccc(F)c(Cl)c1)S(C)(=O)=O. The number of nitrogens with zero attached hydrogens (tertiary/aromatic N) is 2. The molecule has 1 atom stereocenters. The lowest BCUT2D eigenvalue weighted by Crippen LogP contribution is -2.53. The Labute approximate surface area is 159 Å².